The number of fused-ring (bicyclic) bond motifs is 7. The summed E-state index contributed by atoms with van der Waals surface area (Å²) in [6, 6.07) is 2.13. The summed E-state index contributed by atoms with van der Waals surface area (Å²) >= 11 is 0. The predicted molar refractivity (Wildman–Crippen MR) is 175 cm³/mol. The van der Waals surface area contributed by atoms with Gasteiger partial charge in [0, 0.05) is 36.3 Å². The normalized spacial score (nSPS) is 25.6. The zero-order chi connectivity index (χ0) is 31.7. The maximum atomic E-state index is 17.3. The fourth-order valence-electron chi connectivity index (χ4n) is 9.02. The van der Waals surface area contributed by atoms with E-state index in [0.717, 1.165) is 98.5 Å². The summed E-state index contributed by atoms with van der Waals surface area (Å²) in [7, 11) is 0. The van der Waals surface area contributed by atoms with Gasteiger partial charge in [0.05, 0.1) is 29.2 Å². The number of ether oxygens (including phenoxy) is 2. The molecule has 47 heavy (non-hydrogen) atoms. The molecule has 1 saturated carbocycles. The van der Waals surface area contributed by atoms with Crippen molar-refractivity contribution in [3.05, 3.63) is 35.4 Å². The molecule has 4 aromatic rings. The average Bonchev–Trinajstić information content (AvgIpc) is 3.32. The Kier molecular flexibility index (Phi) is 6.99. The van der Waals surface area contributed by atoms with Gasteiger partial charge in [-0.2, -0.15) is 15.1 Å². The zero-order valence-electron chi connectivity index (χ0n) is 26.9. The monoisotopic (exact) mass is 640 g/mol. The molecule has 4 fully saturated rings. The van der Waals surface area contributed by atoms with Crippen LogP contribution >= 0.6 is 0 Å². The highest BCUT2D eigenvalue weighted by Gasteiger charge is 2.45. The summed E-state index contributed by atoms with van der Waals surface area (Å²) in [6.45, 7) is 6.29. The van der Waals surface area contributed by atoms with E-state index in [2.05, 4.69) is 38.3 Å². The quantitative estimate of drug-likeness (QED) is 0.294. The van der Waals surface area contributed by atoms with E-state index in [1.165, 1.54) is 0 Å². The molecule has 0 radical (unpaired) electrons. The minimum Gasteiger partial charge on any atom is -0.461 e. The van der Waals surface area contributed by atoms with E-state index in [1.54, 1.807) is 12.4 Å². The van der Waals surface area contributed by atoms with Crippen molar-refractivity contribution >= 4 is 33.7 Å². The van der Waals surface area contributed by atoms with Crippen molar-refractivity contribution in [3.63, 3.8) is 0 Å². The maximum Gasteiger partial charge on any atom is 0.407 e. The molecular weight excluding hydrogens is 599 g/mol. The number of hydrogen-bond acceptors (Lipinski definition) is 9. The summed E-state index contributed by atoms with van der Waals surface area (Å²) in [4.78, 5) is 32.2. The van der Waals surface area contributed by atoms with Crippen molar-refractivity contribution in [2.75, 3.05) is 44.3 Å². The van der Waals surface area contributed by atoms with Crippen molar-refractivity contribution < 1.29 is 18.7 Å². The Morgan fingerprint density at radius 3 is 2.83 bits per heavy atom. The van der Waals surface area contributed by atoms with Crippen LogP contribution in [-0.4, -0.2) is 87.1 Å². The second-order valence-corrected chi connectivity index (χ2v) is 14.3. The number of nitrogens with zero attached hydrogens (tertiary/aromatic N) is 6. The zero-order valence-corrected chi connectivity index (χ0v) is 26.9. The molecule has 2 N–H and O–H groups in total. The van der Waals surface area contributed by atoms with Crippen LogP contribution in [0.1, 0.15) is 74.8 Å². The summed E-state index contributed by atoms with van der Waals surface area (Å²) < 4.78 is 29.4. The predicted octanol–water partition coefficient (Wildman–Crippen LogP) is 5.62. The number of alkyl carbamates (subject to hydrolysis) is 1. The molecule has 6 aliphatic rings. The first kappa shape index (κ1) is 29.1. The molecule has 246 valence electrons. The number of hydrogen-bond donors (Lipinski definition) is 2. The number of pyridine rings is 1. The van der Waals surface area contributed by atoms with E-state index in [1.807, 2.05) is 0 Å². The molecule has 1 amide bonds. The van der Waals surface area contributed by atoms with Crippen LogP contribution in [0.5, 0.6) is 6.01 Å². The minimum absolute atomic E-state index is 0.00512. The first-order valence-electron chi connectivity index (χ1n) is 17.4. The highest BCUT2D eigenvalue weighted by Crippen LogP contribution is 2.54. The van der Waals surface area contributed by atoms with Gasteiger partial charge in [0.15, 0.2) is 5.82 Å². The van der Waals surface area contributed by atoms with Crippen molar-refractivity contribution in [2.24, 2.45) is 5.92 Å². The Bertz CT molecular complexity index is 1870. The van der Waals surface area contributed by atoms with E-state index < -0.39 is 5.82 Å². The van der Waals surface area contributed by atoms with Crippen molar-refractivity contribution in [2.45, 2.75) is 82.2 Å². The highest BCUT2D eigenvalue weighted by atomic mass is 19.1. The smallest absolute Gasteiger partial charge is 0.407 e. The summed E-state index contributed by atoms with van der Waals surface area (Å²) in [5, 5.41) is 11.9. The fraction of sp³-hybridized carbons (Fsp3) is 0.571. The maximum absolute atomic E-state index is 17.3. The van der Waals surface area contributed by atoms with Gasteiger partial charge < -0.3 is 19.7 Å². The molecule has 8 heterocycles. The molecule has 5 aliphatic heterocycles. The molecule has 3 unspecified atom stereocenters. The first-order valence-corrected chi connectivity index (χ1v) is 17.4. The number of benzene rings is 1. The van der Waals surface area contributed by atoms with Crippen molar-refractivity contribution in [1.82, 2.24) is 35.4 Å². The van der Waals surface area contributed by atoms with E-state index in [-0.39, 0.29) is 40.8 Å². The molecular formula is C35H41FN8O3. The second kappa shape index (κ2) is 11.3. The molecule has 3 atom stereocenters. The van der Waals surface area contributed by atoms with Crippen LogP contribution in [0.3, 0.4) is 0 Å². The van der Waals surface area contributed by atoms with Gasteiger partial charge in [0.2, 0.25) is 0 Å². The number of halogens is 1. The van der Waals surface area contributed by atoms with Gasteiger partial charge in [-0.15, -0.1) is 0 Å². The molecule has 10 rings (SSSR count). The lowest BCUT2D eigenvalue weighted by molar-refractivity contribution is 0.108. The van der Waals surface area contributed by atoms with Crippen LogP contribution in [0, 0.1) is 18.7 Å². The van der Waals surface area contributed by atoms with Crippen LogP contribution in [0.25, 0.3) is 33.1 Å². The van der Waals surface area contributed by atoms with E-state index in [4.69, 9.17) is 24.4 Å². The SMILES string of the molecule is Cc1cc2[nH]ncc2c2c1C1CC1CCOC(=O)NC1CCCCN(C1)c1nc(OCC34CCCN3CCC4)nc3c(F)c-2ncc13. The van der Waals surface area contributed by atoms with Gasteiger partial charge >= 0.3 is 12.1 Å². The Balaban J connectivity index is 1.22. The molecule has 3 aromatic heterocycles. The number of nitrogens with one attached hydrogen (secondary N) is 2. The molecule has 11 nitrogen and oxygen atoms in total. The number of anilines is 1. The van der Waals surface area contributed by atoms with Crippen LogP contribution < -0.4 is 15.0 Å². The number of amides is 1. The topological polar surface area (TPSA) is 121 Å². The number of rotatable bonds is 3. The lowest BCUT2D eigenvalue weighted by Crippen LogP contribution is -2.44. The van der Waals surface area contributed by atoms with Crippen LogP contribution in [0.4, 0.5) is 15.0 Å². The van der Waals surface area contributed by atoms with Gasteiger partial charge in [-0.3, -0.25) is 15.0 Å². The summed E-state index contributed by atoms with van der Waals surface area (Å²) in [5.41, 5.74) is 4.20. The van der Waals surface area contributed by atoms with Gasteiger partial charge in [-0.1, -0.05) is 0 Å². The molecule has 3 saturated heterocycles. The first-order chi connectivity index (χ1) is 23.0. The third-order valence-electron chi connectivity index (χ3n) is 11.5. The highest BCUT2D eigenvalue weighted by molar-refractivity contribution is 6.00. The molecule has 0 spiro atoms. The number of aromatic nitrogens is 5. The van der Waals surface area contributed by atoms with Crippen LogP contribution in [-0.2, 0) is 4.74 Å². The average molecular weight is 641 g/mol. The molecule has 1 aromatic carbocycles. The Hall–Kier alpha value is -4.06. The van der Waals surface area contributed by atoms with Gasteiger partial charge in [0.1, 0.15) is 23.6 Å². The van der Waals surface area contributed by atoms with E-state index >= 15 is 4.39 Å². The fourth-order valence-corrected chi connectivity index (χ4v) is 9.02. The lowest BCUT2D eigenvalue weighted by atomic mass is 9.91. The van der Waals surface area contributed by atoms with Crippen LogP contribution in [0.15, 0.2) is 18.5 Å². The largest absolute Gasteiger partial charge is 0.461 e. The Morgan fingerprint density at radius 1 is 1.09 bits per heavy atom. The van der Waals surface area contributed by atoms with E-state index in [0.29, 0.717) is 43.4 Å². The summed E-state index contributed by atoms with van der Waals surface area (Å²) in [6.07, 6.45) is 12.0. The van der Waals surface area contributed by atoms with Crippen molar-refractivity contribution in [1.29, 1.82) is 0 Å². The molecule has 6 bridgehead atoms. The summed E-state index contributed by atoms with van der Waals surface area (Å²) in [5.74, 6) is 0.645. The van der Waals surface area contributed by atoms with Gasteiger partial charge in [-0.25, -0.2) is 9.18 Å². The number of H-pyrrole nitrogens is 1. The third-order valence-corrected chi connectivity index (χ3v) is 11.5. The Morgan fingerprint density at radius 2 is 1.96 bits per heavy atom. The second-order valence-electron chi connectivity index (χ2n) is 14.3. The van der Waals surface area contributed by atoms with Gasteiger partial charge in [0.25, 0.3) is 0 Å². The third kappa shape index (κ3) is 4.98. The Labute approximate surface area is 272 Å². The standard InChI is InChI=1S/C35H41FN8O3/c1-20-14-26-24(17-38-42-26)28-27(20)23-15-21(23)7-13-46-34(45)39-22-6-2-3-10-43(18-22)32-25-16-37-31(28)29(36)30(25)40-33(41-32)47-19-35-8-4-11-44(35)12-5-9-35/h14,16-17,21-23H,2-13,15,18-19H2,1H3,(H,38,42)(H,39,45). The number of carbonyl (C=O) groups excluding carboxylic acids is 1. The number of carbonyl (C=O) groups is 1. The minimum atomic E-state index is -0.476. The van der Waals surface area contributed by atoms with Crippen molar-refractivity contribution in [3.8, 4) is 17.3 Å². The molecule has 1 aliphatic carbocycles. The lowest BCUT2D eigenvalue weighted by Gasteiger charge is -2.31. The van der Waals surface area contributed by atoms with Crippen LogP contribution in [0.2, 0.25) is 0 Å². The molecule has 12 heteroatoms. The van der Waals surface area contributed by atoms with Gasteiger partial charge in [-0.05, 0) is 107 Å². The number of aryl methyl sites for hydroxylation is 1. The van der Waals surface area contributed by atoms with E-state index in [9.17, 15) is 4.79 Å². The number of aromatic amines is 1.